The van der Waals surface area contributed by atoms with Crippen molar-refractivity contribution in [3.05, 3.63) is 119 Å². The highest BCUT2D eigenvalue weighted by atomic mass is 16.5. The molecule has 62 heavy (non-hydrogen) atoms. The van der Waals surface area contributed by atoms with E-state index in [0.29, 0.717) is 73.4 Å². The fourth-order valence-electron chi connectivity index (χ4n) is 7.37. The number of nitrogens with one attached hydrogen (secondary N) is 1. The number of unbranched alkanes of at least 4 members (excludes halogenated alkanes) is 2. The number of amides is 3. The number of methoxy groups -OCH3 is 2. The molecule has 0 fully saturated rings. The average Bonchev–Trinajstić information content (AvgIpc) is 3.30. The third-order valence-corrected chi connectivity index (χ3v) is 10.8. The van der Waals surface area contributed by atoms with Crippen LogP contribution in [0.25, 0.3) is 0 Å². The van der Waals surface area contributed by atoms with Gasteiger partial charge in [0.25, 0.3) is 11.8 Å². The van der Waals surface area contributed by atoms with E-state index in [1.807, 2.05) is 48.5 Å². The van der Waals surface area contributed by atoms with Crippen molar-refractivity contribution in [2.45, 2.75) is 77.5 Å². The van der Waals surface area contributed by atoms with Crippen LogP contribution in [0.5, 0.6) is 23.0 Å². The first kappa shape index (κ1) is 46.8. The third-order valence-electron chi connectivity index (χ3n) is 10.8. The molecule has 2 heterocycles. The number of benzene rings is 4. The lowest BCUT2D eigenvalue weighted by molar-refractivity contribution is 0.0540. The number of anilines is 2. The fraction of sp³-hybridized carbons (Fsp3) is 0.396. The molecule has 0 radical (unpaired) electrons. The van der Waals surface area contributed by atoms with Gasteiger partial charge in [-0.15, -0.1) is 0 Å². The summed E-state index contributed by atoms with van der Waals surface area (Å²) in [5.41, 5.74) is 11.7. The number of carbonyl (C=O) groups excluding carboxylic acids is 3. The molecule has 14 nitrogen and oxygen atoms in total. The number of rotatable bonds is 17. The van der Waals surface area contributed by atoms with Gasteiger partial charge < -0.3 is 49.4 Å². The lowest BCUT2D eigenvalue weighted by Crippen LogP contribution is -2.46. The van der Waals surface area contributed by atoms with Crippen LogP contribution in [-0.2, 0) is 30.7 Å². The second-order valence-corrected chi connectivity index (χ2v) is 15.0. The van der Waals surface area contributed by atoms with Gasteiger partial charge in [0.05, 0.1) is 69.5 Å². The van der Waals surface area contributed by atoms with Gasteiger partial charge in [0, 0.05) is 30.9 Å². The maximum Gasteiger partial charge on any atom is 0.411 e. The lowest BCUT2D eigenvalue weighted by atomic mass is 9.93. The Labute approximate surface area is 364 Å². The highest BCUT2D eigenvalue weighted by Gasteiger charge is 2.33. The van der Waals surface area contributed by atoms with E-state index in [-0.39, 0.29) is 48.9 Å². The Morgan fingerprint density at radius 3 is 1.66 bits per heavy atom. The summed E-state index contributed by atoms with van der Waals surface area (Å²) in [7, 11) is 3.04. The number of aliphatic hydroxyl groups excluding tert-OH is 2. The number of hydrogen-bond acceptors (Lipinski definition) is 11. The summed E-state index contributed by atoms with van der Waals surface area (Å²) < 4.78 is 27.5. The Bertz CT molecular complexity index is 2160. The minimum Gasteiger partial charge on any atom is -0.493 e. The van der Waals surface area contributed by atoms with Crippen molar-refractivity contribution in [2.24, 2.45) is 0 Å². The van der Waals surface area contributed by atoms with Crippen molar-refractivity contribution in [1.82, 2.24) is 9.80 Å². The minimum atomic E-state index is -0.721. The molecule has 0 unspecified atom stereocenters. The van der Waals surface area contributed by atoms with E-state index >= 15 is 0 Å². The van der Waals surface area contributed by atoms with E-state index in [2.05, 4.69) is 25.7 Å². The standard InChI is InChI=1S/C26H32N2O6.C22H28N2O4/c1-4-6-12-33-24-15-22(27-26(31)34-11-5-2)21(14-23(24)32-3)25(30)28-16-19-10-8-7-9-18(19)13-20(28)17-29;1-3-4-9-28-21-12-19(23)18(11-20(21)27-2)22(26)24-13-16-8-6-5-7-15(16)10-17(24)14-25/h5,7-10,14-15,20,29H,2,4,6,11-13,16-17H2,1,3H3,(H,27,31);5-8,11-12,17,25H,3-4,9-10,13-14,23H2,1-2H3/t20-;17-/m00/s1. The molecular formula is C48H60N4O10. The molecule has 0 aliphatic carbocycles. The number of aliphatic hydroxyl groups is 2. The number of fused-ring (bicyclic) bond motifs is 2. The number of carbonyl (C=O) groups is 3. The number of ether oxygens (including phenoxy) is 5. The Morgan fingerprint density at radius 2 is 1.19 bits per heavy atom. The molecule has 5 N–H and O–H groups in total. The lowest BCUT2D eigenvalue weighted by Gasteiger charge is -2.36. The van der Waals surface area contributed by atoms with Crippen LogP contribution in [0.4, 0.5) is 16.2 Å². The monoisotopic (exact) mass is 852 g/mol. The van der Waals surface area contributed by atoms with Gasteiger partial charge in [-0.1, -0.05) is 87.9 Å². The number of nitrogen functional groups attached to an aromatic ring is 1. The molecule has 2 atom stereocenters. The van der Waals surface area contributed by atoms with E-state index in [1.165, 1.54) is 13.2 Å². The molecule has 2 aliphatic rings. The van der Waals surface area contributed by atoms with E-state index in [9.17, 15) is 24.6 Å². The molecule has 0 saturated carbocycles. The van der Waals surface area contributed by atoms with E-state index in [0.717, 1.165) is 47.9 Å². The first-order valence-corrected chi connectivity index (χ1v) is 21.1. The summed E-state index contributed by atoms with van der Waals surface area (Å²) in [4.78, 5) is 42.6. The van der Waals surface area contributed by atoms with Crippen molar-refractivity contribution in [2.75, 3.05) is 58.3 Å². The number of hydrogen-bond donors (Lipinski definition) is 4. The molecule has 3 amide bonds. The fourth-order valence-corrected chi connectivity index (χ4v) is 7.37. The van der Waals surface area contributed by atoms with Crippen molar-refractivity contribution in [3.63, 3.8) is 0 Å². The minimum absolute atomic E-state index is 0.0284. The molecule has 14 heteroatoms. The highest BCUT2D eigenvalue weighted by Crippen LogP contribution is 2.37. The molecule has 0 saturated heterocycles. The molecular weight excluding hydrogens is 793 g/mol. The van der Waals surface area contributed by atoms with Crippen molar-refractivity contribution < 1.29 is 48.3 Å². The first-order chi connectivity index (χ1) is 30.1. The summed E-state index contributed by atoms with van der Waals surface area (Å²) in [6.07, 6.45) is 5.64. The van der Waals surface area contributed by atoms with Crippen LogP contribution in [0.2, 0.25) is 0 Å². The van der Waals surface area contributed by atoms with Gasteiger partial charge in [-0.05, 0) is 60.1 Å². The summed E-state index contributed by atoms with van der Waals surface area (Å²) in [6.45, 7) is 9.24. The van der Waals surface area contributed by atoms with Crippen LogP contribution in [-0.4, -0.2) is 97.3 Å². The van der Waals surface area contributed by atoms with Gasteiger partial charge in [0.1, 0.15) is 6.61 Å². The van der Waals surface area contributed by atoms with Crippen LogP contribution in [0, 0.1) is 0 Å². The van der Waals surface area contributed by atoms with Gasteiger partial charge in [-0.3, -0.25) is 14.9 Å². The van der Waals surface area contributed by atoms with Gasteiger partial charge in [-0.2, -0.15) is 0 Å². The van der Waals surface area contributed by atoms with Crippen LogP contribution < -0.4 is 30.0 Å². The summed E-state index contributed by atoms with van der Waals surface area (Å²) >= 11 is 0. The highest BCUT2D eigenvalue weighted by molar-refractivity contribution is 6.04. The molecule has 6 rings (SSSR count). The number of nitrogens with zero attached hydrogens (tertiary/aromatic N) is 2. The van der Waals surface area contributed by atoms with Crippen molar-refractivity contribution in [1.29, 1.82) is 0 Å². The Kier molecular flexibility index (Phi) is 17.4. The summed E-state index contributed by atoms with van der Waals surface area (Å²) in [6, 6.07) is 21.6. The third kappa shape index (κ3) is 11.6. The second kappa shape index (κ2) is 23.1. The summed E-state index contributed by atoms with van der Waals surface area (Å²) in [5, 5.41) is 22.5. The van der Waals surface area contributed by atoms with Crippen LogP contribution in [0.1, 0.15) is 82.5 Å². The van der Waals surface area contributed by atoms with Crippen molar-refractivity contribution in [3.8, 4) is 23.0 Å². The quantitative estimate of drug-likeness (QED) is 0.0480. The smallest absolute Gasteiger partial charge is 0.411 e. The Hall–Kier alpha value is -6.25. The largest absolute Gasteiger partial charge is 0.493 e. The molecule has 4 aromatic rings. The van der Waals surface area contributed by atoms with E-state index < -0.39 is 12.1 Å². The van der Waals surface area contributed by atoms with Crippen LogP contribution in [0.3, 0.4) is 0 Å². The van der Waals surface area contributed by atoms with E-state index in [4.69, 9.17) is 29.4 Å². The van der Waals surface area contributed by atoms with Gasteiger partial charge >= 0.3 is 6.09 Å². The molecule has 332 valence electrons. The topological polar surface area (TPSA) is 182 Å². The zero-order valence-electron chi connectivity index (χ0n) is 36.2. The zero-order chi connectivity index (χ0) is 44.6. The normalized spacial score (nSPS) is 15.2. The predicted octanol–water partition coefficient (Wildman–Crippen LogP) is 7.18. The van der Waals surface area contributed by atoms with E-state index in [1.54, 1.807) is 41.2 Å². The number of nitrogens with two attached hydrogens (primary N) is 1. The summed E-state index contributed by atoms with van der Waals surface area (Å²) in [5.74, 6) is 1.24. The maximum atomic E-state index is 13.7. The molecule has 0 bridgehead atoms. The second-order valence-electron chi connectivity index (χ2n) is 15.0. The van der Waals surface area contributed by atoms with Gasteiger partial charge in [0.2, 0.25) is 0 Å². The molecule has 0 spiro atoms. The van der Waals surface area contributed by atoms with Crippen LogP contribution in [0.15, 0.2) is 85.5 Å². The molecule has 0 aromatic heterocycles. The Morgan fingerprint density at radius 1 is 0.726 bits per heavy atom. The van der Waals surface area contributed by atoms with Crippen LogP contribution >= 0.6 is 0 Å². The SMILES string of the molecule is C=CCOC(=O)Nc1cc(OCCCC)c(OC)cc1C(=O)N1Cc2ccccc2C[C@H]1CO.CCCCOc1cc(N)c(C(=O)N2Cc3ccccc3C[C@H]2CO)cc1OC. The van der Waals surface area contributed by atoms with Gasteiger partial charge in [0.15, 0.2) is 23.0 Å². The average molecular weight is 853 g/mol. The predicted molar refractivity (Wildman–Crippen MR) is 238 cm³/mol. The van der Waals surface area contributed by atoms with Gasteiger partial charge in [-0.25, -0.2) is 4.79 Å². The zero-order valence-corrected chi connectivity index (χ0v) is 36.2. The first-order valence-electron chi connectivity index (χ1n) is 21.1. The Balaban J connectivity index is 0.000000238. The maximum absolute atomic E-state index is 13.7. The molecule has 2 aliphatic heterocycles. The van der Waals surface area contributed by atoms with Crippen molar-refractivity contribution >= 4 is 29.3 Å². The molecule has 4 aromatic carbocycles.